The highest BCUT2D eigenvalue weighted by Gasteiger charge is 2.38. The van der Waals surface area contributed by atoms with Crippen LogP contribution in [-0.4, -0.2) is 22.4 Å². The van der Waals surface area contributed by atoms with Gasteiger partial charge in [0.05, 0.1) is 5.75 Å². The Morgan fingerprint density at radius 1 is 0.923 bits per heavy atom. The molecule has 1 fully saturated rings. The standard InChI is InChI=1S/C22H34O3S/c1-2-3-4-5-6-7-8-9-10-11-12-13-14-15-16-17-19(23)21-20(24)18-26-22(21)25/h6-7,9-10,21H,2-5,8,11-18H2,1H3. The smallest absolute Gasteiger partial charge is 0.207 e. The molecule has 1 atom stereocenters. The summed E-state index contributed by atoms with van der Waals surface area (Å²) in [5, 5.41) is -0.248. The summed E-state index contributed by atoms with van der Waals surface area (Å²) in [5.41, 5.74) is 0. The van der Waals surface area contributed by atoms with Gasteiger partial charge in [0, 0.05) is 6.42 Å². The topological polar surface area (TPSA) is 51.2 Å². The Bertz CT molecular complexity index is 478. The molecule has 1 rings (SSSR count). The summed E-state index contributed by atoms with van der Waals surface area (Å²) in [6.07, 6.45) is 21.9. The molecule has 0 amide bonds. The highest BCUT2D eigenvalue weighted by atomic mass is 32.2. The summed E-state index contributed by atoms with van der Waals surface area (Å²) < 4.78 is 0. The van der Waals surface area contributed by atoms with Gasteiger partial charge in [-0.3, -0.25) is 14.4 Å². The first kappa shape index (κ1) is 22.9. The third-order valence-electron chi connectivity index (χ3n) is 4.61. The molecule has 0 aliphatic carbocycles. The van der Waals surface area contributed by atoms with Crippen molar-refractivity contribution in [3.63, 3.8) is 0 Å². The molecule has 0 aromatic heterocycles. The lowest BCUT2D eigenvalue weighted by Gasteiger charge is -2.05. The number of unbranched alkanes of at least 4 members (excludes halogenated alkanes) is 8. The Hall–Kier alpha value is -1.16. The molecule has 146 valence electrons. The van der Waals surface area contributed by atoms with Gasteiger partial charge in [0.15, 0.2) is 11.6 Å². The number of ketones is 2. The third kappa shape index (κ3) is 10.1. The molecular weight excluding hydrogens is 344 g/mol. The van der Waals surface area contributed by atoms with E-state index in [1.165, 1.54) is 38.5 Å². The molecule has 1 aliphatic rings. The van der Waals surface area contributed by atoms with Crippen LogP contribution in [0.4, 0.5) is 0 Å². The Kier molecular flexibility index (Phi) is 13.2. The fourth-order valence-corrected chi connectivity index (χ4v) is 3.89. The van der Waals surface area contributed by atoms with Crippen LogP contribution < -0.4 is 0 Å². The summed E-state index contributed by atoms with van der Waals surface area (Å²) in [6, 6.07) is 0. The van der Waals surface area contributed by atoms with Crippen molar-refractivity contribution in [2.24, 2.45) is 5.92 Å². The van der Waals surface area contributed by atoms with Crippen LogP contribution in [0, 0.1) is 5.92 Å². The van der Waals surface area contributed by atoms with Crippen molar-refractivity contribution in [2.75, 3.05) is 5.75 Å². The van der Waals surface area contributed by atoms with Crippen LogP contribution in [0.3, 0.4) is 0 Å². The van der Waals surface area contributed by atoms with Gasteiger partial charge in [-0.2, -0.15) is 0 Å². The van der Waals surface area contributed by atoms with Crippen molar-refractivity contribution in [1.82, 2.24) is 0 Å². The highest BCUT2D eigenvalue weighted by Crippen LogP contribution is 2.25. The molecule has 0 aromatic rings. The molecule has 1 saturated heterocycles. The van der Waals surface area contributed by atoms with Crippen LogP contribution in [-0.2, 0) is 14.4 Å². The monoisotopic (exact) mass is 378 g/mol. The van der Waals surface area contributed by atoms with Crippen LogP contribution in [0.1, 0.15) is 84.0 Å². The maximum absolute atomic E-state index is 11.9. The normalized spacial score (nSPS) is 17.8. The lowest BCUT2D eigenvalue weighted by atomic mass is 9.97. The molecule has 0 N–H and O–H groups in total. The second-order valence-electron chi connectivity index (χ2n) is 6.95. The lowest BCUT2D eigenvalue weighted by Crippen LogP contribution is -2.25. The third-order valence-corrected chi connectivity index (χ3v) is 5.56. The average Bonchev–Trinajstić information content (AvgIpc) is 2.96. The minimum Gasteiger partial charge on any atom is -0.298 e. The number of carbonyl (C=O) groups is 3. The van der Waals surface area contributed by atoms with E-state index in [-0.39, 0.29) is 22.4 Å². The van der Waals surface area contributed by atoms with E-state index >= 15 is 0 Å². The first-order valence-electron chi connectivity index (χ1n) is 10.2. The largest absolute Gasteiger partial charge is 0.298 e. The Labute approximate surface area is 163 Å². The minimum absolute atomic E-state index is 0.171. The summed E-state index contributed by atoms with van der Waals surface area (Å²) in [5.74, 6) is -1.15. The van der Waals surface area contributed by atoms with Crippen molar-refractivity contribution >= 4 is 28.4 Å². The molecule has 26 heavy (non-hydrogen) atoms. The van der Waals surface area contributed by atoms with Gasteiger partial charge in [0.25, 0.3) is 0 Å². The Morgan fingerprint density at radius 2 is 1.54 bits per heavy atom. The fourth-order valence-electron chi connectivity index (χ4n) is 3.01. The van der Waals surface area contributed by atoms with E-state index in [1.807, 2.05) is 0 Å². The van der Waals surface area contributed by atoms with Crippen LogP contribution in [0.15, 0.2) is 24.3 Å². The molecule has 1 unspecified atom stereocenters. The highest BCUT2D eigenvalue weighted by molar-refractivity contribution is 8.15. The number of hydrogen-bond acceptors (Lipinski definition) is 4. The molecule has 0 spiro atoms. The van der Waals surface area contributed by atoms with Gasteiger partial charge < -0.3 is 0 Å². The first-order chi connectivity index (χ1) is 12.7. The zero-order valence-electron chi connectivity index (χ0n) is 16.2. The summed E-state index contributed by atoms with van der Waals surface area (Å²) in [4.78, 5) is 34.9. The van der Waals surface area contributed by atoms with Gasteiger partial charge in [-0.1, -0.05) is 75.1 Å². The van der Waals surface area contributed by atoms with Crippen molar-refractivity contribution < 1.29 is 14.4 Å². The van der Waals surface area contributed by atoms with Crippen LogP contribution in [0.5, 0.6) is 0 Å². The van der Waals surface area contributed by atoms with E-state index < -0.39 is 5.92 Å². The van der Waals surface area contributed by atoms with Gasteiger partial charge in [-0.25, -0.2) is 0 Å². The van der Waals surface area contributed by atoms with Gasteiger partial charge in [-0.15, -0.1) is 0 Å². The lowest BCUT2D eigenvalue weighted by molar-refractivity contribution is -0.134. The second-order valence-corrected chi connectivity index (χ2v) is 7.93. The minimum atomic E-state index is -0.953. The number of Topliss-reactive ketones (excluding diaryl/α,β-unsaturated/α-hetero) is 2. The molecule has 4 heteroatoms. The van der Waals surface area contributed by atoms with Crippen molar-refractivity contribution in [1.29, 1.82) is 0 Å². The van der Waals surface area contributed by atoms with E-state index in [0.717, 1.165) is 43.9 Å². The van der Waals surface area contributed by atoms with E-state index in [2.05, 4.69) is 31.2 Å². The fraction of sp³-hybridized carbons (Fsp3) is 0.682. The average molecular weight is 379 g/mol. The number of carbonyl (C=O) groups excluding carboxylic acids is 3. The van der Waals surface area contributed by atoms with E-state index in [9.17, 15) is 14.4 Å². The maximum Gasteiger partial charge on any atom is 0.207 e. The maximum atomic E-state index is 11.9. The number of allylic oxidation sites excluding steroid dienone is 4. The van der Waals surface area contributed by atoms with Gasteiger partial charge in [-0.05, 0) is 38.5 Å². The second kappa shape index (κ2) is 15.0. The van der Waals surface area contributed by atoms with Gasteiger partial charge in [0.2, 0.25) is 5.12 Å². The zero-order chi connectivity index (χ0) is 19.0. The molecule has 0 radical (unpaired) electrons. The molecule has 0 saturated carbocycles. The van der Waals surface area contributed by atoms with Gasteiger partial charge in [0.1, 0.15) is 5.92 Å². The van der Waals surface area contributed by atoms with E-state index in [0.29, 0.717) is 6.42 Å². The van der Waals surface area contributed by atoms with Crippen LogP contribution >= 0.6 is 11.8 Å². The predicted molar refractivity (Wildman–Crippen MR) is 110 cm³/mol. The first-order valence-corrected chi connectivity index (χ1v) is 11.2. The van der Waals surface area contributed by atoms with E-state index in [1.54, 1.807) is 0 Å². The SMILES string of the molecule is CCCCCC=CCC=CCCCCCCCC(=O)C1C(=O)CSC1=O. The molecule has 1 heterocycles. The van der Waals surface area contributed by atoms with Crippen molar-refractivity contribution in [3.05, 3.63) is 24.3 Å². The molecule has 0 bridgehead atoms. The number of hydrogen-bond donors (Lipinski definition) is 0. The van der Waals surface area contributed by atoms with Crippen molar-refractivity contribution in [3.8, 4) is 0 Å². The number of rotatable bonds is 15. The molecule has 1 aliphatic heterocycles. The predicted octanol–water partition coefficient (Wildman–Crippen LogP) is 5.83. The zero-order valence-corrected chi connectivity index (χ0v) is 17.0. The summed E-state index contributed by atoms with van der Waals surface area (Å²) in [6.45, 7) is 2.23. The quantitative estimate of drug-likeness (QED) is 0.204. The Balaban J connectivity index is 1.91. The van der Waals surface area contributed by atoms with Crippen LogP contribution in [0.25, 0.3) is 0 Å². The van der Waals surface area contributed by atoms with Crippen molar-refractivity contribution in [2.45, 2.75) is 84.0 Å². The molecular formula is C22H34O3S. The summed E-state index contributed by atoms with van der Waals surface area (Å²) >= 11 is 0.986. The van der Waals surface area contributed by atoms with Gasteiger partial charge >= 0.3 is 0 Å². The molecule has 3 nitrogen and oxygen atoms in total. The molecule has 0 aromatic carbocycles. The van der Waals surface area contributed by atoms with Crippen LogP contribution in [0.2, 0.25) is 0 Å². The number of thioether (sulfide) groups is 1. The Morgan fingerprint density at radius 3 is 2.15 bits per heavy atom. The summed E-state index contributed by atoms with van der Waals surface area (Å²) in [7, 11) is 0. The van der Waals surface area contributed by atoms with E-state index in [4.69, 9.17) is 0 Å².